The number of carbonyl (C=O) groups is 2. The van der Waals surface area contributed by atoms with Crippen molar-refractivity contribution in [3.63, 3.8) is 0 Å². The maximum absolute atomic E-state index is 10.5. The van der Waals surface area contributed by atoms with Crippen molar-refractivity contribution in [3.8, 4) is 0 Å². The van der Waals surface area contributed by atoms with Crippen LogP contribution in [0.15, 0.2) is 0 Å². The maximum atomic E-state index is 10.5. The molecule has 66 valence electrons. The largest absolute Gasteiger partial charge is 1.00 e. The molecule has 0 atom stereocenters. The first-order chi connectivity index (χ1) is 4.64. The fourth-order valence-corrected chi connectivity index (χ4v) is 0. The predicted molar refractivity (Wildman–Crippen MR) is 19.8 cm³/mol. The Kier molecular flexibility index (Phi) is 29.6. The van der Waals surface area contributed by atoms with Crippen molar-refractivity contribution in [2.75, 3.05) is 0 Å². The third kappa shape index (κ3) is 73.7. The SMILES string of the molecule is O=C(F)C(=O)F.O=P([O-])([O-])[O-].[Li+].[Li+].[Li+]. The summed E-state index contributed by atoms with van der Waals surface area (Å²) in [5.41, 5.74) is 0. The standard InChI is InChI=1S/C2F2O2.3Li.H3O4P/c3-1(5)2(4)6;;;;1-5(2,3)4/h;;;;(H3,1,2,3,4)/q;3*+1;/p-3. The summed E-state index contributed by atoms with van der Waals surface area (Å²) in [5.74, 6) is 0. The molecule has 0 saturated heterocycles. The van der Waals surface area contributed by atoms with Gasteiger partial charge in [-0.1, -0.05) is 0 Å². The van der Waals surface area contributed by atoms with Crippen LogP contribution in [0.5, 0.6) is 0 Å². The number of rotatable bonds is 1. The van der Waals surface area contributed by atoms with Crippen molar-refractivity contribution in [2.45, 2.75) is 0 Å². The van der Waals surface area contributed by atoms with Gasteiger partial charge in [0.25, 0.3) is 0 Å². The van der Waals surface area contributed by atoms with Gasteiger partial charge in [-0.15, -0.1) is 0 Å². The molecule has 0 amide bonds. The topological polar surface area (TPSA) is 120 Å². The Balaban J connectivity index is -0.0000000321. The van der Waals surface area contributed by atoms with Crippen LogP contribution >= 0.6 is 7.82 Å². The normalized spacial score (nSPS) is 7.50. The van der Waals surface area contributed by atoms with E-state index < -0.39 is 19.9 Å². The van der Waals surface area contributed by atoms with Crippen molar-refractivity contribution in [2.24, 2.45) is 0 Å². The average molecular weight is 210 g/mol. The van der Waals surface area contributed by atoms with Crippen molar-refractivity contribution in [1.82, 2.24) is 0 Å². The Bertz CT molecular complexity index is 185. The van der Waals surface area contributed by atoms with Crippen LogP contribution in [-0.2, 0) is 14.2 Å². The first-order valence-corrected chi connectivity index (χ1v) is 3.23. The second-order valence-electron chi connectivity index (χ2n) is 0.995. The van der Waals surface area contributed by atoms with Gasteiger partial charge < -0.3 is 19.2 Å². The van der Waals surface area contributed by atoms with E-state index in [1.165, 1.54) is 0 Å². The molecule has 0 saturated carbocycles. The Morgan fingerprint density at radius 2 is 0.929 bits per heavy atom. The van der Waals surface area contributed by atoms with E-state index in [9.17, 15) is 8.78 Å². The molecule has 0 aliphatic heterocycles. The maximum Gasteiger partial charge on any atom is 1.00 e. The molecule has 0 spiro atoms. The summed E-state index contributed by atoms with van der Waals surface area (Å²) in [6, 6.07) is -5.09. The van der Waals surface area contributed by atoms with Crippen molar-refractivity contribution in [1.29, 1.82) is 0 Å². The van der Waals surface area contributed by atoms with Gasteiger partial charge in [-0.05, 0) is 0 Å². The molecule has 6 nitrogen and oxygen atoms in total. The molecule has 0 fully saturated rings. The first-order valence-electron chi connectivity index (χ1n) is 1.77. The van der Waals surface area contributed by atoms with Gasteiger partial charge in [-0.2, -0.15) is 16.6 Å². The quantitative estimate of drug-likeness (QED) is 0.183. The molecule has 0 aromatic rings. The van der Waals surface area contributed by atoms with Crippen LogP contribution in [0.1, 0.15) is 0 Å². The van der Waals surface area contributed by atoms with E-state index in [2.05, 4.69) is 0 Å². The van der Waals surface area contributed by atoms with E-state index >= 15 is 0 Å². The second kappa shape index (κ2) is 14.1. The van der Waals surface area contributed by atoms with E-state index in [0.29, 0.717) is 0 Å². The van der Waals surface area contributed by atoms with Crippen molar-refractivity contribution in [3.05, 3.63) is 0 Å². The number of carbonyl (C=O) groups excluding carboxylic acids is 2. The summed E-state index contributed by atoms with van der Waals surface area (Å²) in [7, 11) is -5.39. The van der Waals surface area contributed by atoms with Gasteiger partial charge in [0.15, 0.2) is 0 Å². The zero-order valence-corrected chi connectivity index (χ0v) is 8.55. The molecule has 14 heavy (non-hydrogen) atoms. The summed E-state index contributed by atoms with van der Waals surface area (Å²) < 4.78 is 29.5. The molecule has 0 unspecified atom stereocenters. The molecule has 0 aromatic carbocycles. The summed E-state index contributed by atoms with van der Waals surface area (Å²) in [6.07, 6.45) is 0. The van der Waals surface area contributed by atoms with Crippen LogP contribution in [0.2, 0.25) is 0 Å². The number of hydrogen-bond acceptors (Lipinski definition) is 6. The molecule has 0 aliphatic carbocycles. The van der Waals surface area contributed by atoms with E-state index in [4.69, 9.17) is 28.8 Å². The molecule has 0 aliphatic rings. The minimum absolute atomic E-state index is 0. The monoisotopic (exact) mass is 210 g/mol. The van der Waals surface area contributed by atoms with Crippen LogP contribution in [0.4, 0.5) is 8.78 Å². The first kappa shape index (κ1) is 29.4. The van der Waals surface area contributed by atoms with Crippen LogP contribution < -0.4 is 71.3 Å². The van der Waals surface area contributed by atoms with Crippen LogP contribution in [0.3, 0.4) is 0 Å². The molecular formula is C2F2Li3O6P. The molecule has 0 aromatic heterocycles. The number of hydrogen-bond donors (Lipinski definition) is 0. The molecule has 0 radical (unpaired) electrons. The zero-order valence-electron chi connectivity index (χ0n) is 7.65. The number of phosphoric acid groups is 1. The molecule has 0 N–H and O–H groups in total. The van der Waals surface area contributed by atoms with Crippen molar-refractivity contribution >= 4 is 19.9 Å². The molecule has 0 bridgehead atoms. The van der Waals surface area contributed by atoms with E-state index in [-0.39, 0.29) is 56.6 Å². The van der Waals surface area contributed by atoms with Gasteiger partial charge in [0.05, 0.1) is 0 Å². The molecule has 0 rings (SSSR count). The predicted octanol–water partition coefficient (Wildman–Crippen LogP) is -11.8. The molecular weight excluding hydrogens is 210 g/mol. The second-order valence-corrected chi connectivity index (χ2v) is 1.89. The fraction of sp³-hybridized carbons (Fsp3) is 0. The Morgan fingerprint density at radius 3 is 0.929 bits per heavy atom. The van der Waals surface area contributed by atoms with Crippen LogP contribution in [-0.4, -0.2) is 12.1 Å². The summed E-state index contributed by atoms with van der Waals surface area (Å²) in [4.78, 5) is 43.2. The van der Waals surface area contributed by atoms with E-state index in [1.54, 1.807) is 0 Å². The van der Waals surface area contributed by atoms with Gasteiger partial charge in [0.1, 0.15) is 0 Å². The van der Waals surface area contributed by atoms with Gasteiger partial charge >= 0.3 is 68.7 Å². The van der Waals surface area contributed by atoms with E-state index in [0.717, 1.165) is 0 Å². The van der Waals surface area contributed by atoms with Gasteiger partial charge in [-0.3, -0.25) is 0 Å². The summed E-state index contributed by atoms with van der Waals surface area (Å²) >= 11 is 0. The summed E-state index contributed by atoms with van der Waals surface area (Å²) in [6.45, 7) is 0. The van der Waals surface area contributed by atoms with E-state index in [1.807, 2.05) is 0 Å². The third-order valence-electron chi connectivity index (χ3n) is 0.155. The third-order valence-corrected chi connectivity index (χ3v) is 0.155. The number of halogens is 2. The molecule has 0 heterocycles. The fourth-order valence-electron chi connectivity index (χ4n) is 0. The molecule has 12 heteroatoms. The van der Waals surface area contributed by atoms with Gasteiger partial charge in [0.2, 0.25) is 0 Å². The van der Waals surface area contributed by atoms with Gasteiger partial charge in [0, 0.05) is 0 Å². The Labute approximate surface area is 114 Å². The smallest absolute Gasteiger partial charge is 0.822 e. The van der Waals surface area contributed by atoms with Crippen molar-refractivity contribution < 1.29 is 94.2 Å². The Hall–Kier alpha value is 1.10. The van der Waals surface area contributed by atoms with Gasteiger partial charge in [-0.25, -0.2) is 9.59 Å². The average Bonchev–Trinajstić information content (AvgIpc) is 1.59. The zero-order chi connectivity index (χ0) is 9.65. The van der Waals surface area contributed by atoms with Crippen LogP contribution in [0.25, 0.3) is 0 Å². The Morgan fingerprint density at radius 1 is 0.857 bits per heavy atom. The van der Waals surface area contributed by atoms with Crippen LogP contribution in [0, 0.1) is 0 Å². The minimum atomic E-state index is -5.39. The minimum Gasteiger partial charge on any atom is -0.822 e. The summed E-state index contributed by atoms with van der Waals surface area (Å²) in [5, 5.41) is 0.